The first-order chi connectivity index (χ1) is 14.2. The average molecular weight is 421 g/mol. The molecule has 4 aliphatic rings. The summed E-state index contributed by atoms with van der Waals surface area (Å²) in [5.74, 6) is 0.254. The Hall–Kier alpha value is -2.26. The van der Waals surface area contributed by atoms with Crippen LogP contribution in [0.4, 0.5) is 13.6 Å². The maximum atomic E-state index is 13.3. The molecule has 2 bridgehead atoms. The highest BCUT2D eigenvalue weighted by Crippen LogP contribution is 2.60. The number of imide groups is 1. The number of hydrogen-bond donors (Lipinski definition) is 3. The van der Waals surface area contributed by atoms with Crippen LogP contribution in [0, 0.1) is 0 Å². The van der Waals surface area contributed by atoms with Gasteiger partial charge in [0.05, 0.1) is 19.3 Å². The molecule has 2 aliphatic heterocycles. The summed E-state index contributed by atoms with van der Waals surface area (Å²) >= 11 is 0. The van der Waals surface area contributed by atoms with Crippen LogP contribution in [0.3, 0.4) is 0 Å². The Morgan fingerprint density at radius 2 is 2.10 bits per heavy atom. The van der Waals surface area contributed by atoms with Crippen molar-refractivity contribution in [2.24, 2.45) is 0 Å². The van der Waals surface area contributed by atoms with E-state index in [-0.39, 0.29) is 25.2 Å². The molecule has 4 atom stereocenters. The van der Waals surface area contributed by atoms with Crippen molar-refractivity contribution in [3.8, 4) is 5.75 Å². The van der Waals surface area contributed by atoms with E-state index in [0.29, 0.717) is 25.1 Å². The SMILES string of the molecule is COc1ccc2c(c1)[C@]13CCN(CC(F)F)C(C2)[C@]1(O)CC[C@@]1(C3)NC(=O)NC1=O. The van der Waals surface area contributed by atoms with E-state index in [9.17, 15) is 23.5 Å². The van der Waals surface area contributed by atoms with Crippen molar-refractivity contribution in [2.75, 3.05) is 20.2 Å². The quantitative estimate of drug-likeness (QED) is 0.641. The number of rotatable bonds is 3. The predicted octanol–water partition coefficient (Wildman–Crippen LogP) is 1.32. The number of fused-ring (bicyclic) bond motifs is 1. The Bertz CT molecular complexity index is 928. The Morgan fingerprint density at radius 1 is 1.30 bits per heavy atom. The number of benzene rings is 1. The van der Waals surface area contributed by atoms with E-state index in [1.54, 1.807) is 12.0 Å². The molecule has 1 saturated carbocycles. The monoisotopic (exact) mass is 421 g/mol. The number of nitrogens with zero attached hydrogens (tertiary/aromatic N) is 1. The number of carbonyl (C=O) groups excluding carboxylic acids is 2. The molecule has 0 aromatic heterocycles. The van der Waals surface area contributed by atoms with Crippen molar-refractivity contribution < 1.29 is 28.2 Å². The minimum atomic E-state index is -2.49. The molecule has 1 aromatic carbocycles. The topological polar surface area (TPSA) is 90.9 Å². The second kappa shape index (κ2) is 6.37. The minimum Gasteiger partial charge on any atom is -0.497 e. The molecule has 3 fully saturated rings. The van der Waals surface area contributed by atoms with Crippen LogP contribution in [0.25, 0.3) is 0 Å². The first-order valence-corrected chi connectivity index (χ1v) is 10.3. The molecule has 7 nitrogen and oxygen atoms in total. The maximum absolute atomic E-state index is 13.3. The van der Waals surface area contributed by atoms with Gasteiger partial charge in [-0.25, -0.2) is 13.6 Å². The lowest BCUT2D eigenvalue weighted by atomic mass is 9.46. The van der Waals surface area contributed by atoms with E-state index in [4.69, 9.17) is 4.74 Å². The number of piperidine rings is 1. The van der Waals surface area contributed by atoms with Crippen LogP contribution in [0.1, 0.15) is 36.8 Å². The van der Waals surface area contributed by atoms with Gasteiger partial charge >= 0.3 is 6.03 Å². The zero-order valence-electron chi connectivity index (χ0n) is 16.7. The average Bonchev–Trinajstić information content (AvgIpc) is 2.97. The number of aliphatic hydroxyl groups is 1. The highest BCUT2D eigenvalue weighted by atomic mass is 19.3. The number of nitrogens with one attached hydrogen (secondary N) is 2. The Labute approximate surface area is 172 Å². The van der Waals surface area contributed by atoms with Gasteiger partial charge in [-0.3, -0.25) is 15.0 Å². The number of alkyl halides is 2. The maximum Gasteiger partial charge on any atom is 0.322 e. The molecule has 9 heteroatoms. The van der Waals surface area contributed by atoms with Gasteiger partial charge in [0, 0.05) is 11.5 Å². The molecule has 1 spiro atoms. The third-order valence-electron chi connectivity index (χ3n) is 7.82. The zero-order chi connectivity index (χ0) is 21.3. The minimum absolute atomic E-state index is 0.229. The fourth-order valence-corrected chi connectivity index (χ4v) is 6.48. The van der Waals surface area contributed by atoms with E-state index in [1.165, 1.54) is 0 Å². The standard InChI is InChI=1S/C21H25F2N3O4/c1-30-13-3-2-12-8-15-21(29)5-4-20(17(27)24-18(28)25-20)11-19(21,14(12)9-13)6-7-26(15)10-16(22)23/h2-3,9,15-16,29H,4-8,10-11H2,1H3,(H2,24,25,27,28)/t15?,19-,20+,21-/m1/s1. The Kier molecular flexibility index (Phi) is 4.18. The highest BCUT2D eigenvalue weighted by Gasteiger charge is 2.69. The summed E-state index contributed by atoms with van der Waals surface area (Å²) in [5, 5.41) is 17.2. The molecule has 3 amide bonds. The van der Waals surface area contributed by atoms with Gasteiger partial charge in [0.25, 0.3) is 12.3 Å². The van der Waals surface area contributed by atoms with E-state index in [0.717, 1.165) is 11.1 Å². The number of ether oxygens (including phenoxy) is 1. The molecule has 162 valence electrons. The van der Waals surface area contributed by atoms with Crippen molar-refractivity contribution in [3.63, 3.8) is 0 Å². The third kappa shape index (κ3) is 2.48. The molecule has 5 rings (SSSR count). The van der Waals surface area contributed by atoms with Gasteiger partial charge in [-0.1, -0.05) is 6.07 Å². The molecule has 2 heterocycles. The summed E-state index contributed by atoms with van der Waals surface area (Å²) in [6, 6.07) is 4.64. The van der Waals surface area contributed by atoms with Crippen LogP contribution in [0.2, 0.25) is 0 Å². The van der Waals surface area contributed by atoms with Crippen LogP contribution in [0.15, 0.2) is 18.2 Å². The molecule has 1 aromatic rings. The van der Waals surface area contributed by atoms with Crippen LogP contribution in [-0.2, 0) is 16.6 Å². The van der Waals surface area contributed by atoms with Gasteiger partial charge in [0.15, 0.2) is 0 Å². The largest absolute Gasteiger partial charge is 0.497 e. The van der Waals surface area contributed by atoms with Crippen molar-refractivity contribution >= 4 is 11.9 Å². The molecule has 1 unspecified atom stereocenters. The van der Waals surface area contributed by atoms with Gasteiger partial charge in [-0.15, -0.1) is 0 Å². The highest BCUT2D eigenvalue weighted by molar-refractivity contribution is 6.07. The molecular formula is C21H25F2N3O4. The van der Waals surface area contributed by atoms with Gasteiger partial charge in [0.1, 0.15) is 11.3 Å². The molecule has 2 aliphatic carbocycles. The number of carbonyl (C=O) groups is 2. The normalized spacial score (nSPS) is 37.6. The summed E-state index contributed by atoms with van der Waals surface area (Å²) < 4.78 is 32.0. The number of urea groups is 1. The number of likely N-dealkylation sites (tertiary alicyclic amines) is 1. The fourth-order valence-electron chi connectivity index (χ4n) is 6.48. The van der Waals surface area contributed by atoms with Crippen molar-refractivity contribution in [1.82, 2.24) is 15.5 Å². The van der Waals surface area contributed by atoms with E-state index < -0.39 is 41.6 Å². The first-order valence-electron chi connectivity index (χ1n) is 10.3. The van der Waals surface area contributed by atoms with E-state index >= 15 is 0 Å². The lowest BCUT2D eigenvalue weighted by Gasteiger charge is -2.65. The van der Waals surface area contributed by atoms with Gasteiger partial charge in [0.2, 0.25) is 0 Å². The zero-order valence-corrected chi connectivity index (χ0v) is 16.7. The van der Waals surface area contributed by atoms with E-state index in [1.807, 2.05) is 18.2 Å². The second-order valence-corrected chi connectivity index (χ2v) is 9.05. The molecule has 30 heavy (non-hydrogen) atoms. The van der Waals surface area contributed by atoms with Crippen LogP contribution >= 0.6 is 0 Å². The summed E-state index contributed by atoms with van der Waals surface area (Å²) in [6.45, 7) is -0.00345. The van der Waals surface area contributed by atoms with Crippen molar-refractivity contribution in [3.05, 3.63) is 29.3 Å². The van der Waals surface area contributed by atoms with Crippen LogP contribution in [-0.4, -0.2) is 65.8 Å². The predicted molar refractivity (Wildman–Crippen MR) is 103 cm³/mol. The smallest absolute Gasteiger partial charge is 0.322 e. The van der Waals surface area contributed by atoms with Gasteiger partial charge in [-0.05, 0) is 61.9 Å². The van der Waals surface area contributed by atoms with Gasteiger partial charge in [-0.2, -0.15) is 0 Å². The molecular weight excluding hydrogens is 396 g/mol. The molecule has 3 N–H and O–H groups in total. The summed E-state index contributed by atoms with van der Waals surface area (Å²) in [6.07, 6.45) is -0.891. The van der Waals surface area contributed by atoms with Gasteiger partial charge < -0.3 is 15.2 Å². The molecule has 2 saturated heterocycles. The third-order valence-corrected chi connectivity index (χ3v) is 7.82. The van der Waals surface area contributed by atoms with Crippen LogP contribution < -0.4 is 15.4 Å². The Morgan fingerprint density at radius 3 is 2.77 bits per heavy atom. The molecule has 0 radical (unpaired) electrons. The summed E-state index contributed by atoms with van der Waals surface area (Å²) in [7, 11) is 1.56. The summed E-state index contributed by atoms with van der Waals surface area (Å²) in [4.78, 5) is 26.4. The summed E-state index contributed by atoms with van der Waals surface area (Å²) in [5.41, 5.74) is -1.36. The van der Waals surface area contributed by atoms with E-state index in [2.05, 4.69) is 10.6 Å². The Balaban J connectivity index is 1.67. The number of amides is 3. The van der Waals surface area contributed by atoms with Crippen molar-refractivity contribution in [1.29, 1.82) is 0 Å². The lowest BCUT2D eigenvalue weighted by Crippen LogP contribution is -2.76. The first kappa shape index (κ1) is 19.7. The van der Waals surface area contributed by atoms with Crippen LogP contribution in [0.5, 0.6) is 5.75 Å². The number of methoxy groups -OCH3 is 1. The fraction of sp³-hybridized carbons (Fsp3) is 0.619. The number of halogens is 2. The number of hydrogen-bond acceptors (Lipinski definition) is 5. The second-order valence-electron chi connectivity index (χ2n) is 9.05. The van der Waals surface area contributed by atoms with Crippen molar-refractivity contribution in [2.45, 2.75) is 61.1 Å². The lowest BCUT2D eigenvalue weighted by molar-refractivity contribution is -0.184.